The third-order valence-corrected chi connectivity index (χ3v) is 1.76. The molecule has 0 aliphatic heterocycles. The zero-order valence-corrected chi connectivity index (χ0v) is 8.10. The Balaban J connectivity index is 3.06. The van der Waals surface area contributed by atoms with E-state index in [0.717, 1.165) is 12.1 Å². The fraction of sp³-hybridized carbons (Fsp3) is 0.222. The van der Waals surface area contributed by atoms with Crippen molar-refractivity contribution in [2.24, 2.45) is 0 Å². The van der Waals surface area contributed by atoms with E-state index in [9.17, 15) is 18.0 Å². The van der Waals surface area contributed by atoms with Crippen LogP contribution in [-0.2, 0) is 4.79 Å². The minimum absolute atomic E-state index is 0.338. The summed E-state index contributed by atoms with van der Waals surface area (Å²) >= 11 is 0. The minimum Gasteiger partial charge on any atom is -0.504 e. The van der Waals surface area contributed by atoms with Crippen LogP contribution in [0.3, 0.4) is 0 Å². The van der Waals surface area contributed by atoms with Crippen LogP contribution in [0.1, 0.15) is 11.7 Å². The number of benzene rings is 1. The van der Waals surface area contributed by atoms with E-state index in [-0.39, 0.29) is 5.56 Å². The number of aliphatic carboxylic acids is 1. The highest BCUT2D eigenvalue weighted by Crippen LogP contribution is 2.33. The van der Waals surface area contributed by atoms with Gasteiger partial charge in [0.15, 0.2) is 17.6 Å². The Morgan fingerprint density at radius 1 is 1.35 bits per heavy atom. The lowest BCUT2D eigenvalue weighted by Crippen LogP contribution is -2.18. The van der Waals surface area contributed by atoms with Gasteiger partial charge in [0.05, 0.1) is 0 Å². The summed E-state index contributed by atoms with van der Waals surface area (Å²) in [7, 11) is 0. The molecule has 0 radical (unpaired) electrons. The third-order valence-electron chi connectivity index (χ3n) is 1.76. The highest BCUT2D eigenvalue weighted by Gasteiger charge is 2.32. The number of hydrogen-bond donors (Lipinski definition) is 3. The fourth-order valence-corrected chi connectivity index (χ4v) is 1.05. The number of halogens is 3. The summed E-state index contributed by atoms with van der Waals surface area (Å²) in [6.45, 7) is 0. The first-order valence-corrected chi connectivity index (χ1v) is 4.20. The van der Waals surface area contributed by atoms with Crippen LogP contribution >= 0.6 is 0 Å². The Bertz CT molecular complexity index is 429. The number of aliphatic hydroxyl groups excluding tert-OH is 1. The minimum atomic E-state index is -5.02. The van der Waals surface area contributed by atoms with Gasteiger partial charge in [0.2, 0.25) is 0 Å². The van der Waals surface area contributed by atoms with Crippen LogP contribution in [0.4, 0.5) is 13.2 Å². The topological polar surface area (TPSA) is 87.0 Å². The molecular weight excluding hydrogens is 245 g/mol. The quantitative estimate of drug-likeness (QED) is 0.757. The van der Waals surface area contributed by atoms with E-state index < -0.39 is 29.9 Å². The molecule has 94 valence electrons. The second-order valence-electron chi connectivity index (χ2n) is 3.02. The van der Waals surface area contributed by atoms with E-state index in [1.807, 2.05) is 0 Å². The van der Waals surface area contributed by atoms with Crippen molar-refractivity contribution in [3.8, 4) is 11.5 Å². The second kappa shape index (κ2) is 4.50. The van der Waals surface area contributed by atoms with Crippen LogP contribution in [0.15, 0.2) is 18.2 Å². The monoisotopic (exact) mass is 252 g/mol. The summed E-state index contributed by atoms with van der Waals surface area (Å²) in [4.78, 5) is 10.4. The van der Waals surface area contributed by atoms with Crippen molar-refractivity contribution < 1.29 is 38.0 Å². The number of hydrogen-bond acceptors (Lipinski definition) is 4. The number of phenolic OH excluding ortho intramolecular Hbond substituents is 1. The maximum absolute atomic E-state index is 11.9. The van der Waals surface area contributed by atoms with E-state index in [1.54, 1.807) is 0 Å². The first kappa shape index (κ1) is 13.1. The van der Waals surface area contributed by atoms with Gasteiger partial charge in [0, 0.05) is 0 Å². The van der Waals surface area contributed by atoms with Crippen molar-refractivity contribution in [3.05, 3.63) is 23.8 Å². The Morgan fingerprint density at radius 3 is 2.41 bits per heavy atom. The number of carboxylic acids is 1. The molecule has 1 rings (SSSR count). The van der Waals surface area contributed by atoms with Crippen molar-refractivity contribution in [1.82, 2.24) is 0 Å². The van der Waals surface area contributed by atoms with Gasteiger partial charge in [-0.1, -0.05) is 6.07 Å². The number of alkyl halides is 3. The van der Waals surface area contributed by atoms with Gasteiger partial charge in [-0.05, 0) is 17.7 Å². The van der Waals surface area contributed by atoms with Crippen LogP contribution in [0.5, 0.6) is 11.5 Å². The van der Waals surface area contributed by atoms with Crippen LogP contribution in [0.2, 0.25) is 0 Å². The summed E-state index contributed by atoms with van der Waals surface area (Å²) < 4.78 is 39.2. The number of carboxylic acid groups (broad SMARTS) is 1. The number of aromatic hydroxyl groups is 1. The molecule has 5 nitrogen and oxygen atoms in total. The number of rotatable bonds is 3. The molecule has 0 aliphatic rings. The van der Waals surface area contributed by atoms with Crippen LogP contribution < -0.4 is 4.74 Å². The SMILES string of the molecule is O=C(O)C(O)c1ccc(O)c(OC(F)(F)F)c1. The summed E-state index contributed by atoms with van der Waals surface area (Å²) in [5.41, 5.74) is -0.338. The first-order valence-electron chi connectivity index (χ1n) is 4.20. The maximum Gasteiger partial charge on any atom is 0.573 e. The molecule has 0 aliphatic carbocycles. The zero-order valence-electron chi connectivity index (χ0n) is 8.10. The summed E-state index contributed by atoms with van der Waals surface area (Å²) in [5.74, 6) is -3.42. The maximum atomic E-state index is 11.9. The smallest absolute Gasteiger partial charge is 0.504 e. The molecule has 8 heteroatoms. The van der Waals surface area contributed by atoms with E-state index in [4.69, 9.17) is 15.3 Å². The largest absolute Gasteiger partial charge is 0.573 e. The second-order valence-corrected chi connectivity index (χ2v) is 3.02. The summed E-state index contributed by atoms with van der Waals surface area (Å²) in [6, 6.07) is 2.36. The summed E-state index contributed by atoms with van der Waals surface area (Å²) in [5, 5.41) is 26.6. The number of phenols is 1. The van der Waals surface area contributed by atoms with Gasteiger partial charge in [0.1, 0.15) is 0 Å². The lowest BCUT2D eigenvalue weighted by Gasteiger charge is -2.12. The predicted octanol–water partition coefficient (Wildman–Crippen LogP) is 1.41. The molecule has 0 saturated heterocycles. The fourth-order valence-electron chi connectivity index (χ4n) is 1.05. The molecule has 1 aromatic rings. The molecule has 0 spiro atoms. The molecule has 0 amide bonds. The van der Waals surface area contributed by atoms with Gasteiger partial charge in [-0.15, -0.1) is 13.2 Å². The molecule has 0 heterocycles. The Hall–Kier alpha value is -1.96. The Morgan fingerprint density at radius 2 is 1.94 bits per heavy atom. The van der Waals surface area contributed by atoms with Crippen molar-refractivity contribution in [2.45, 2.75) is 12.5 Å². The van der Waals surface area contributed by atoms with E-state index in [0.29, 0.717) is 6.07 Å². The predicted molar refractivity (Wildman–Crippen MR) is 47.4 cm³/mol. The van der Waals surface area contributed by atoms with Crippen LogP contribution in [-0.4, -0.2) is 27.7 Å². The normalized spacial score (nSPS) is 13.2. The highest BCUT2D eigenvalue weighted by molar-refractivity contribution is 5.74. The van der Waals surface area contributed by atoms with E-state index in [1.165, 1.54) is 0 Å². The molecule has 1 unspecified atom stereocenters. The van der Waals surface area contributed by atoms with Gasteiger partial charge in [-0.25, -0.2) is 4.79 Å². The van der Waals surface area contributed by atoms with Crippen LogP contribution in [0, 0.1) is 0 Å². The van der Waals surface area contributed by atoms with Crippen molar-refractivity contribution in [1.29, 1.82) is 0 Å². The number of ether oxygens (including phenoxy) is 1. The highest BCUT2D eigenvalue weighted by atomic mass is 19.4. The van der Waals surface area contributed by atoms with E-state index in [2.05, 4.69) is 4.74 Å². The van der Waals surface area contributed by atoms with Gasteiger partial charge in [-0.2, -0.15) is 0 Å². The molecule has 0 saturated carbocycles. The molecule has 3 N–H and O–H groups in total. The average Bonchev–Trinajstić information content (AvgIpc) is 2.18. The Kier molecular flexibility index (Phi) is 3.47. The molecule has 1 atom stereocenters. The molecule has 17 heavy (non-hydrogen) atoms. The summed E-state index contributed by atoms with van der Waals surface area (Å²) in [6.07, 6.45) is -7.02. The molecular formula is C9H7F3O5. The van der Waals surface area contributed by atoms with Gasteiger partial charge < -0.3 is 20.1 Å². The van der Waals surface area contributed by atoms with Crippen molar-refractivity contribution in [2.75, 3.05) is 0 Å². The van der Waals surface area contributed by atoms with Crippen LogP contribution in [0.25, 0.3) is 0 Å². The van der Waals surface area contributed by atoms with E-state index >= 15 is 0 Å². The zero-order chi connectivity index (χ0) is 13.2. The number of carbonyl (C=O) groups is 1. The number of aliphatic hydroxyl groups is 1. The Labute approximate surface area is 92.7 Å². The molecule has 0 aromatic heterocycles. The lowest BCUT2D eigenvalue weighted by atomic mass is 10.1. The standard InChI is InChI=1S/C9H7F3O5/c10-9(11,12)17-6-3-4(1-2-5(6)13)7(14)8(15)16/h1-3,7,13-14H,(H,15,16). The average molecular weight is 252 g/mol. The van der Waals surface area contributed by atoms with Gasteiger partial charge in [0.25, 0.3) is 0 Å². The van der Waals surface area contributed by atoms with Gasteiger partial charge >= 0.3 is 12.3 Å². The first-order chi connectivity index (χ1) is 7.70. The molecule has 0 fully saturated rings. The molecule has 1 aromatic carbocycles. The van der Waals surface area contributed by atoms with Crippen molar-refractivity contribution >= 4 is 5.97 Å². The van der Waals surface area contributed by atoms with Gasteiger partial charge in [-0.3, -0.25) is 0 Å². The molecule has 0 bridgehead atoms. The third kappa shape index (κ3) is 3.52. The van der Waals surface area contributed by atoms with Crippen molar-refractivity contribution in [3.63, 3.8) is 0 Å². The lowest BCUT2D eigenvalue weighted by molar-refractivity contribution is -0.275.